The van der Waals surface area contributed by atoms with Crippen LogP contribution in [0.4, 0.5) is 4.79 Å². The zero-order chi connectivity index (χ0) is 23.4. The van der Waals surface area contributed by atoms with Crippen LogP contribution in [0.2, 0.25) is 0 Å². The van der Waals surface area contributed by atoms with E-state index in [1.54, 1.807) is 12.1 Å². The largest absolute Gasteiger partial charge is 0.465 e. The molecule has 0 saturated carbocycles. The van der Waals surface area contributed by atoms with Gasteiger partial charge in [-0.1, -0.05) is 84.9 Å². The van der Waals surface area contributed by atoms with Crippen molar-refractivity contribution < 1.29 is 22.9 Å². The summed E-state index contributed by atoms with van der Waals surface area (Å²) >= 11 is 0. The summed E-state index contributed by atoms with van der Waals surface area (Å²) in [6.07, 6.45) is -0.0745. The molecular weight excluding hydrogens is 438 g/mol. The maximum absolute atomic E-state index is 11.5. The topological polar surface area (TPSA) is 94.9 Å². The van der Waals surface area contributed by atoms with Crippen LogP contribution in [0, 0.1) is 0 Å². The molecule has 7 heteroatoms. The molecule has 0 aliphatic carbocycles. The minimum atomic E-state index is -4.09. The maximum Gasteiger partial charge on any atom is 0.408 e. The van der Waals surface area contributed by atoms with Gasteiger partial charge in [0.2, 0.25) is 0 Å². The van der Waals surface area contributed by atoms with Gasteiger partial charge in [0.25, 0.3) is 10.1 Å². The van der Waals surface area contributed by atoms with Crippen LogP contribution in [0.15, 0.2) is 102 Å². The Morgan fingerprint density at radius 3 is 2.15 bits per heavy atom. The second kappa shape index (κ2) is 9.44. The van der Waals surface area contributed by atoms with Gasteiger partial charge in [-0.25, -0.2) is 4.79 Å². The number of hydrogen-bond donors (Lipinski definition) is 2. The summed E-state index contributed by atoms with van der Waals surface area (Å²) in [5, 5.41) is 11.2. The van der Waals surface area contributed by atoms with Gasteiger partial charge in [0.05, 0.1) is 10.9 Å². The van der Waals surface area contributed by atoms with Gasteiger partial charge in [0.1, 0.15) is 0 Å². The molecule has 0 saturated heterocycles. The second-order valence-corrected chi connectivity index (χ2v) is 9.14. The van der Waals surface area contributed by atoms with Crippen molar-refractivity contribution in [2.45, 2.75) is 17.4 Å². The number of hydrogen-bond acceptors (Lipinski definition) is 3. The van der Waals surface area contributed by atoms with Crippen molar-refractivity contribution in [1.29, 1.82) is 0 Å². The summed E-state index contributed by atoms with van der Waals surface area (Å²) in [6.45, 7) is 0.548. The fourth-order valence-electron chi connectivity index (χ4n) is 4.10. The maximum atomic E-state index is 11.5. The zero-order valence-corrected chi connectivity index (χ0v) is 18.5. The van der Waals surface area contributed by atoms with Gasteiger partial charge in [-0.05, 0) is 46.0 Å². The molecule has 6 nitrogen and oxygen atoms in total. The second-order valence-electron chi connectivity index (χ2n) is 7.72. The Morgan fingerprint density at radius 2 is 1.45 bits per heavy atom. The van der Waals surface area contributed by atoms with Gasteiger partial charge in [0, 0.05) is 6.54 Å². The van der Waals surface area contributed by atoms with E-state index in [0.29, 0.717) is 6.54 Å². The lowest BCUT2D eigenvalue weighted by Crippen LogP contribution is -2.39. The monoisotopic (exact) mass is 461 g/mol. The molecule has 0 radical (unpaired) electrons. The Bertz CT molecular complexity index is 1390. The third kappa shape index (κ3) is 5.05. The molecule has 0 fully saturated rings. The summed E-state index contributed by atoms with van der Waals surface area (Å²) in [5.74, 6) is 0. The molecule has 0 aromatic heterocycles. The normalized spacial score (nSPS) is 15.3. The van der Waals surface area contributed by atoms with Gasteiger partial charge in [-0.15, -0.1) is 0 Å². The van der Waals surface area contributed by atoms with Gasteiger partial charge in [0.15, 0.2) is 0 Å². The van der Waals surface area contributed by atoms with Crippen molar-refractivity contribution >= 4 is 27.0 Å². The van der Waals surface area contributed by atoms with Gasteiger partial charge in [-0.3, -0.25) is 9.45 Å². The van der Waals surface area contributed by atoms with Crippen molar-refractivity contribution in [2.75, 3.05) is 6.54 Å². The molecule has 1 atom stereocenters. The smallest absolute Gasteiger partial charge is 0.408 e. The average Bonchev–Trinajstić information content (AvgIpc) is 2.83. The Kier molecular flexibility index (Phi) is 6.44. The molecule has 2 N–H and O–H groups in total. The van der Waals surface area contributed by atoms with Crippen LogP contribution in [0.1, 0.15) is 22.7 Å². The fraction of sp³-hybridized carbons (Fsp3) is 0.115. The molecule has 4 aromatic rings. The molecule has 1 amide bonds. The highest BCUT2D eigenvalue weighted by atomic mass is 32.2. The van der Waals surface area contributed by atoms with E-state index >= 15 is 0 Å². The number of fused-ring (bicyclic) bond motifs is 2. The molecule has 168 valence electrons. The predicted octanol–water partition coefficient (Wildman–Crippen LogP) is 5.40. The summed E-state index contributed by atoms with van der Waals surface area (Å²) in [7, 11) is -4.09. The highest BCUT2D eigenvalue weighted by Crippen LogP contribution is 2.34. The van der Waals surface area contributed by atoms with Gasteiger partial charge < -0.3 is 5.11 Å². The lowest BCUT2D eigenvalue weighted by atomic mass is 9.88. The summed E-state index contributed by atoms with van der Waals surface area (Å²) in [5.41, 5.74) is 3.37. The molecule has 1 aliphatic heterocycles. The van der Waals surface area contributed by atoms with Crippen molar-refractivity contribution in [2.24, 2.45) is 0 Å². The van der Waals surface area contributed by atoms with Gasteiger partial charge >= 0.3 is 6.09 Å². The first-order valence-electron chi connectivity index (χ1n) is 10.4. The van der Waals surface area contributed by atoms with Crippen LogP contribution in [0.3, 0.4) is 0 Å². The van der Waals surface area contributed by atoms with E-state index in [4.69, 9.17) is 4.55 Å². The first-order valence-corrected chi connectivity index (χ1v) is 11.9. The number of carbonyl (C=O) groups is 1. The van der Waals surface area contributed by atoms with Crippen LogP contribution in [-0.4, -0.2) is 35.6 Å². The Balaban J connectivity index is 0.000000165. The molecule has 5 rings (SSSR count). The fourth-order valence-corrected chi connectivity index (χ4v) is 4.61. The number of amides is 1. The molecule has 4 aromatic carbocycles. The van der Waals surface area contributed by atoms with Crippen LogP contribution in [0.25, 0.3) is 10.8 Å². The SMILES string of the molecule is O=C(O)N1CCc2ccccc2[C@H]1c1ccccc1.O=S(=O)(O)c1ccc2ccccc2c1. The highest BCUT2D eigenvalue weighted by molar-refractivity contribution is 7.85. The van der Waals surface area contributed by atoms with E-state index in [-0.39, 0.29) is 10.9 Å². The third-order valence-electron chi connectivity index (χ3n) is 5.66. The van der Waals surface area contributed by atoms with Crippen LogP contribution >= 0.6 is 0 Å². The van der Waals surface area contributed by atoms with E-state index < -0.39 is 16.2 Å². The van der Waals surface area contributed by atoms with Crippen molar-refractivity contribution in [3.8, 4) is 0 Å². The summed E-state index contributed by atoms with van der Waals surface area (Å²) < 4.78 is 30.5. The highest BCUT2D eigenvalue weighted by Gasteiger charge is 2.31. The molecule has 1 aliphatic rings. The van der Waals surface area contributed by atoms with Crippen LogP contribution in [-0.2, 0) is 16.5 Å². The Hall–Kier alpha value is -3.68. The molecule has 1 heterocycles. The summed E-state index contributed by atoms with van der Waals surface area (Å²) in [4.78, 5) is 12.9. The van der Waals surface area contributed by atoms with E-state index in [0.717, 1.165) is 28.3 Å². The Morgan fingerprint density at radius 1 is 0.818 bits per heavy atom. The number of benzene rings is 4. The molecule has 0 bridgehead atoms. The van der Waals surface area contributed by atoms with Crippen molar-refractivity contribution in [1.82, 2.24) is 4.90 Å². The molecule has 0 spiro atoms. The lowest BCUT2D eigenvalue weighted by Gasteiger charge is -2.35. The minimum absolute atomic E-state index is 0.0730. The molecule has 0 unspecified atom stereocenters. The van der Waals surface area contributed by atoms with E-state index in [1.807, 2.05) is 66.7 Å². The third-order valence-corrected chi connectivity index (χ3v) is 6.51. The zero-order valence-electron chi connectivity index (χ0n) is 17.7. The van der Waals surface area contributed by atoms with Crippen LogP contribution < -0.4 is 0 Å². The quantitative estimate of drug-likeness (QED) is 0.390. The Labute approximate surface area is 192 Å². The van der Waals surface area contributed by atoms with E-state index in [1.165, 1.54) is 22.6 Å². The lowest BCUT2D eigenvalue weighted by molar-refractivity contribution is 0.129. The number of rotatable bonds is 2. The number of carboxylic acid groups (broad SMARTS) is 1. The van der Waals surface area contributed by atoms with Gasteiger partial charge in [-0.2, -0.15) is 8.42 Å². The molecular formula is C26H23NO5S. The first kappa shape index (κ1) is 22.5. The van der Waals surface area contributed by atoms with E-state index in [2.05, 4.69) is 6.07 Å². The first-order chi connectivity index (χ1) is 15.8. The van der Waals surface area contributed by atoms with E-state index in [9.17, 15) is 18.3 Å². The summed E-state index contributed by atoms with van der Waals surface area (Å²) in [6, 6.07) is 29.6. The molecule has 33 heavy (non-hydrogen) atoms. The predicted molar refractivity (Wildman–Crippen MR) is 127 cm³/mol. The minimum Gasteiger partial charge on any atom is -0.465 e. The number of nitrogens with zero attached hydrogens (tertiary/aromatic N) is 1. The van der Waals surface area contributed by atoms with Crippen molar-refractivity contribution in [3.05, 3.63) is 114 Å². The van der Waals surface area contributed by atoms with Crippen molar-refractivity contribution in [3.63, 3.8) is 0 Å². The van der Waals surface area contributed by atoms with Crippen LogP contribution in [0.5, 0.6) is 0 Å². The average molecular weight is 462 g/mol. The standard InChI is InChI=1S/C16H15NO2.C10H8O3S/c18-16(19)17-11-10-12-6-4-5-9-14(12)15(17)13-7-2-1-3-8-13;11-14(12,13)10-6-5-8-3-1-2-4-9(8)7-10/h1-9,15H,10-11H2,(H,18,19);1-7H,(H,11,12,13)/t15-;/m1./s1.